The number of ether oxygens (including phenoxy) is 3. The molecule has 0 aliphatic carbocycles. The van der Waals surface area contributed by atoms with Crippen molar-refractivity contribution in [1.82, 2.24) is 9.55 Å². The third-order valence-corrected chi connectivity index (χ3v) is 3.22. The molecule has 2 aromatic rings. The quantitative estimate of drug-likeness (QED) is 0.826. The number of rotatable bonds is 7. The molecule has 126 valence electrons. The second-order valence-electron chi connectivity index (χ2n) is 4.41. The molecule has 0 amide bonds. The van der Waals surface area contributed by atoms with E-state index in [4.69, 9.17) is 19.9 Å². The minimum atomic E-state index is 0. The van der Waals surface area contributed by atoms with Crippen molar-refractivity contribution in [3.8, 4) is 11.5 Å². The van der Waals surface area contributed by atoms with Crippen molar-refractivity contribution in [2.24, 2.45) is 5.73 Å². The van der Waals surface area contributed by atoms with Crippen LogP contribution in [0.2, 0.25) is 0 Å². The van der Waals surface area contributed by atoms with Crippen LogP contribution in [0.1, 0.15) is 5.82 Å². The highest BCUT2D eigenvalue weighted by molar-refractivity contribution is 5.85. The first kappa shape index (κ1) is 20.8. The largest absolute Gasteiger partial charge is 0.493 e. The van der Waals surface area contributed by atoms with Gasteiger partial charge in [-0.3, -0.25) is 0 Å². The average Bonchev–Trinajstić information content (AvgIpc) is 2.80. The first-order valence-corrected chi connectivity index (χ1v) is 6.55. The van der Waals surface area contributed by atoms with E-state index in [0.29, 0.717) is 24.7 Å². The van der Waals surface area contributed by atoms with Crippen LogP contribution in [-0.2, 0) is 17.7 Å². The van der Waals surface area contributed by atoms with E-state index in [9.17, 15) is 0 Å². The second-order valence-corrected chi connectivity index (χ2v) is 4.41. The van der Waals surface area contributed by atoms with Gasteiger partial charge in [0.15, 0.2) is 11.5 Å². The van der Waals surface area contributed by atoms with Gasteiger partial charge < -0.3 is 24.5 Å². The molecule has 22 heavy (non-hydrogen) atoms. The Labute approximate surface area is 142 Å². The minimum absolute atomic E-state index is 0. The van der Waals surface area contributed by atoms with Gasteiger partial charge in [0.25, 0.3) is 0 Å². The Morgan fingerprint density at radius 3 is 2.27 bits per heavy atom. The van der Waals surface area contributed by atoms with Crippen LogP contribution < -0.4 is 15.2 Å². The maximum Gasteiger partial charge on any atom is 0.163 e. The summed E-state index contributed by atoms with van der Waals surface area (Å²) < 4.78 is 17.9. The third-order valence-electron chi connectivity index (χ3n) is 3.22. The summed E-state index contributed by atoms with van der Waals surface area (Å²) in [4.78, 5) is 4.63. The number of nitrogens with two attached hydrogens (primary N) is 1. The average molecular weight is 352 g/mol. The lowest BCUT2D eigenvalue weighted by Crippen LogP contribution is -2.12. The number of aromatic nitrogens is 2. The van der Waals surface area contributed by atoms with Crippen molar-refractivity contribution in [1.29, 1.82) is 0 Å². The number of benzene rings is 1. The van der Waals surface area contributed by atoms with Gasteiger partial charge in [-0.2, -0.15) is 0 Å². The summed E-state index contributed by atoms with van der Waals surface area (Å²) in [6, 6.07) is 3.83. The van der Waals surface area contributed by atoms with Gasteiger partial charge in [-0.1, -0.05) is 0 Å². The number of nitrogens with zero attached hydrogens (tertiary/aromatic N) is 2. The Morgan fingerprint density at radius 2 is 1.73 bits per heavy atom. The maximum absolute atomic E-state index is 5.66. The van der Waals surface area contributed by atoms with E-state index in [1.165, 1.54) is 0 Å². The van der Waals surface area contributed by atoms with Crippen LogP contribution in [0.25, 0.3) is 11.0 Å². The monoisotopic (exact) mass is 351 g/mol. The van der Waals surface area contributed by atoms with E-state index in [1.54, 1.807) is 21.3 Å². The van der Waals surface area contributed by atoms with Crippen molar-refractivity contribution < 1.29 is 14.2 Å². The van der Waals surface area contributed by atoms with Gasteiger partial charge in [0.05, 0.1) is 31.9 Å². The van der Waals surface area contributed by atoms with E-state index in [2.05, 4.69) is 9.55 Å². The van der Waals surface area contributed by atoms with Crippen LogP contribution in [0.15, 0.2) is 12.1 Å². The number of methoxy groups -OCH3 is 3. The van der Waals surface area contributed by atoms with E-state index < -0.39 is 0 Å². The summed E-state index contributed by atoms with van der Waals surface area (Å²) in [5, 5.41) is 0. The van der Waals surface area contributed by atoms with Crippen molar-refractivity contribution in [3.05, 3.63) is 18.0 Å². The summed E-state index contributed by atoms with van der Waals surface area (Å²) in [5.41, 5.74) is 7.54. The van der Waals surface area contributed by atoms with Crippen LogP contribution >= 0.6 is 24.8 Å². The van der Waals surface area contributed by atoms with Crippen molar-refractivity contribution >= 4 is 35.8 Å². The summed E-state index contributed by atoms with van der Waals surface area (Å²) in [5.74, 6) is 2.32. The first-order valence-electron chi connectivity index (χ1n) is 6.55. The molecule has 0 bridgehead atoms. The molecular weight excluding hydrogens is 329 g/mol. The Balaban J connectivity index is 0.00000220. The summed E-state index contributed by atoms with van der Waals surface area (Å²) in [6.45, 7) is 1.92. The molecule has 8 heteroatoms. The maximum atomic E-state index is 5.66. The van der Waals surface area contributed by atoms with Gasteiger partial charge >= 0.3 is 0 Å². The van der Waals surface area contributed by atoms with Crippen LogP contribution in [-0.4, -0.2) is 44.0 Å². The number of imidazole rings is 1. The van der Waals surface area contributed by atoms with E-state index in [1.807, 2.05) is 12.1 Å². The zero-order valence-electron chi connectivity index (χ0n) is 13.0. The smallest absolute Gasteiger partial charge is 0.163 e. The zero-order valence-corrected chi connectivity index (χ0v) is 14.6. The molecule has 0 saturated carbocycles. The second kappa shape index (κ2) is 9.74. The van der Waals surface area contributed by atoms with E-state index in [0.717, 1.165) is 29.8 Å². The number of halogens is 2. The third kappa shape index (κ3) is 4.16. The number of hydrogen-bond donors (Lipinski definition) is 1. The van der Waals surface area contributed by atoms with Crippen molar-refractivity contribution in [3.63, 3.8) is 0 Å². The molecule has 2 N–H and O–H groups in total. The molecule has 0 aliphatic rings. The summed E-state index contributed by atoms with van der Waals surface area (Å²) >= 11 is 0. The van der Waals surface area contributed by atoms with Gasteiger partial charge in [0.2, 0.25) is 0 Å². The lowest BCUT2D eigenvalue weighted by atomic mass is 10.2. The molecule has 0 radical (unpaired) electrons. The van der Waals surface area contributed by atoms with Crippen LogP contribution in [0.4, 0.5) is 0 Å². The molecule has 0 unspecified atom stereocenters. The SMILES string of the molecule is COCCn1c(CCN)nc2cc(OC)c(OC)cc21.Cl.Cl. The standard InChI is InChI=1S/C14H21N3O3.2ClH/c1-18-7-6-17-11-9-13(20-3)12(19-2)8-10(11)16-14(17)4-5-15;;/h8-9H,4-7,15H2,1-3H3;2*1H. The molecule has 6 nitrogen and oxygen atoms in total. The van der Waals surface area contributed by atoms with E-state index >= 15 is 0 Å². The van der Waals surface area contributed by atoms with E-state index in [-0.39, 0.29) is 24.8 Å². The Hall–Kier alpha value is -1.21. The molecule has 0 spiro atoms. The lowest BCUT2D eigenvalue weighted by molar-refractivity contribution is 0.187. The topological polar surface area (TPSA) is 71.5 Å². The minimum Gasteiger partial charge on any atom is -0.493 e. The Morgan fingerprint density at radius 1 is 1.09 bits per heavy atom. The Bertz CT molecular complexity index is 590. The highest BCUT2D eigenvalue weighted by Gasteiger charge is 2.14. The van der Waals surface area contributed by atoms with Crippen LogP contribution in [0.5, 0.6) is 11.5 Å². The van der Waals surface area contributed by atoms with Gasteiger partial charge in [0, 0.05) is 32.2 Å². The predicted molar refractivity (Wildman–Crippen MR) is 92.0 cm³/mol. The highest BCUT2D eigenvalue weighted by atomic mass is 35.5. The van der Waals surface area contributed by atoms with Crippen molar-refractivity contribution in [2.75, 3.05) is 34.5 Å². The van der Waals surface area contributed by atoms with Gasteiger partial charge in [-0.25, -0.2) is 4.98 Å². The molecule has 0 aliphatic heterocycles. The first-order chi connectivity index (χ1) is 9.74. The van der Waals surface area contributed by atoms with Crippen molar-refractivity contribution in [2.45, 2.75) is 13.0 Å². The van der Waals surface area contributed by atoms with Gasteiger partial charge in [0.1, 0.15) is 5.82 Å². The molecular formula is C14H23Cl2N3O3. The predicted octanol–water partition coefficient (Wildman–Crippen LogP) is 2.04. The molecule has 2 rings (SSSR count). The molecule has 0 fully saturated rings. The van der Waals surface area contributed by atoms with Gasteiger partial charge in [-0.05, 0) is 6.54 Å². The van der Waals surface area contributed by atoms with Crippen LogP contribution in [0.3, 0.4) is 0 Å². The fourth-order valence-electron chi connectivity index (χ4n) is 2.25. The fourth-order valence-corrected chi connectivity index (χ4v) is 2.25. The normalized spacial score (nSPS) is 10.0. The summed E-state index contributed by atoms with van der Waals surface area (Å²) in [6.07, 6.45) is 0.725. The summed E-state index contributed by atoms with van der Waals surface area (Å²) in [7, 11) is 4.93. The Kier molecular flexibility index (Phi) is 9.20. The number of fused-ring (bicyclic) bond motifs is 1. The lowest BCUT2D eigenvalue weighted by Gasteiger charge is -2.10. The fraction of sp³-hybridized carbons (Fsp3) is 0.500. The van der Waals surface area contributed by atoms with Gasteiger partial charge in [-0.15, -0.1) is 24.8 Å². The highest BCUT2D eigenvalue weighted by Crippen LogP contribution is 2.32. The molecule has 1 heterocycles. The molecule has 0 saturated heterocycles. The van der Waals surface area contributed by atoms with Crippen LogP contribution in [0, 0.1) is 0 Å². The molecule has 0 atom stereocenters. The number of hydrogen-bond acceptors (Lipinski definition) is 5. The molecule has 1 aromatic carbocycles. The zero-order chi connectivity index (χ0) is 14.5. The molecule has 1 aromatic heterocycles.